The molecule has 0 spiro atoms. The van der Waals surface area contributed by atoms with Crippen molar-refractivity contribution < 1.29 is 149 Å². The van der Waals surface area contributed by atoms with Crippen LogP contribution in [0.25, 0.3) is 0 Å². The summed E-state index contributed by atoms with van der Waals surface area (Å²) in [6.45, 7) is 12.3. The summed E-state index contributed by atoms with van der Waals surface area (Å²) >= 11 is 0. The van der Waals surface area contributed by atoms with Crippen molar-refractivity contribution in [1.82, 2.24) is 0 Å². The highest BCUT2D eigenvalue weighted by Crippen LogP contribution is 2.75. The van der Waals surface area contributed by atoms with Gasteiger partial charge in [0.1, 0.15) is 122 Å². The minimum Gasteiger partial charge on any atom is -0.394 e. The fourth-order valence-electron chi connectivity index (χ4n) is 17.2. The topological polar surface area (TPSA) is 486 Å². The normalized spacial score (nSPS) is 51.7. The maximum Gasteiger partial charge on any atom is 0.187 e. The summed E-state index contributed by atoms with van der Waals surface area (Å²) in [6.07, 6.45) is -39.6. The first-order chi connectivity index (χ1) is 42.6. The lowest BCUT2D eigenvalue weighted by atomic mass is 9.37. The van der Waals surface area contributed by atoms with Gasteiger partial charge in [-0.05, 0) is 87.4 Å². The van der Waals surface area contributed by atoms with Gasteiger partial charge in [0, 0.05) is 23.9 Å². The summed E-state index contributed by atoms with van der Waals surface area (Å²) in [5.74, 6) is -0.470. The highest BCUT2D eigenvalue weighted by atomic mass is 16.8. The van der Waals surface area contributed by atoms with Crippen LogP contribution in [0.15, 0.2) is 11.6 Å². The molecule has 3 saturated carbocycles. The quantitative estimate of drug-likeness (QED) is 0.0476. The van der Waals surface area contributed by atoms with Crippen LogP contribution >= 0.6 is 0 Å². The van der Waals surface area contributed by atoms with Gasteiger partial charge in [0.25, 0.3) is 0 Å². The van der Waals surface area contributed by atoms with Crippen LogP contribution in [0.4, 0.5) is 0 Å². The molecule has 0 aromatic heterocycles. The number of hydrogen-bond acceptors (Lipinski definition) is 30. The van der Waals surface area contributed by atoms with Gasteiger partial charge in [0.2, 0.25) is 0 Å². The lowest BCUT2D eigenvalue weighted by molar-refractivity contribution is -0.380. The van der Waals surface area contributed by atoms with Crippen LogP contribution in [0.1, 0.15) is 100 Å². The Labute approximate surface area is 528 Å². The van der Waals surface area contributed by atoms with Gasteiger partial charge in [-0.1, -0.05) is 53.2 Å². The Hall–Kier alpha value is -1.46. The first-order valence-corrected chi connectivity index (χ1v) is 32.0. The molecule has 18 unspecified atom stereocenters. The molecule has 30 nitrogen and oxygen atoms in total. The van der Waals surface area contributed by atoms with Crippen molar-refractivity contribution in [3.63, 3.8) is 0 Å². The molecule has 8 fully saturated rings. The Bertz CT molecular complexity index is 2400. The van der Waals surface area contributed by atoms with E-state index in [0.29, 0.717) is 25.7 Å². The van der Waals surface area contributed by atoms with Crippen LogP contribution in [-0.2, 0) is 52.1 Å². The second kappa shape index (κ2) is 28.4. The molecule has 36 atom stereocenters. The first kappa shape index (κ1) is 73.8. The van der Waals surface area contributed by atoms with E-state index in [2.05, 4.69) is 33.8 Å². The van der Waals surface area contributed by atoms with E-state index in [0.717, 1.165) is 18.4 Å². The molecule has 30 heteroatoms. The van der Waals surface area contributed by atoms with Crippen LogP contribution in [0.2, 0.25) is 0 Å². The van der Waals surface area contributed by atoms with Gasteiger partial charge in [-0.3, -0.25) is 0 Å². The predicted molar refractivity (Wildman–Crippen MR) is 306 cm³/mol. The van der Waals surface area contributed by atoms with E-state index >= 15 is 0 Å². The maximum absolute atomic E-state index is 13.0. The zero-order valence-electron chi connectivity index (χ0n) is 53.1. The summed E-state index contributed by atoms with van der Waals surface area (Å²) in [5.41, 5.74) is -3.12. The van der Waals surface area contributed by atoms with E-state index in [4.69, 9.17) is 52.1 Å². The Morgan fingerprint density at radius 1 is 0.527 bits per heavy atom. The van der Waals surface area contributed by atoms with Crippen molar-refractivity contribution in [2.24, 2.45) is 45.3 Å². The fraction of sp³-hybridized carbons (Fsp3) is 0.967. The summed E-state index contributed by atoms with van der Waals surface area (Å²) in [7, 11) is 1.65. The highest BCUT2D eigenvalue weighted by molar-refractivity contribution is 5.34. The molecule has 4 aliphatic carbocycles. The van der Waals surface area contributed by atoms with Gasteiger partial charge in [0.15, 0.2) is 31.5 Å². The van der Waals surface area contributed by atoms with Gasteiger partial charge in [-0.15, -0.1) is 0 Å². The number of fused-ring (bicyclic) bond motifs is 5. The van der Waals surface area contributed by atoms with E-state index in [9.17, 15) is 97.0 Å². The highest BCUT2D eigenvalue weighted by Gasteiger charge is 2.72. The average Bonchev–Trinajstić information content (AvgIpc) is 1.66. The number of hydrogen-bond donors (Lipinski definition) is 19. The summed E-state index contributed by atoms with van der Waals surface area (Å²) in [6, 6.07) is 0. The molecule has 0 bridgehead atoms. The van der Waals surface area contributed by atoms with Crippen molar-refractivity contribution in [2.75, 3.05) is 40.1 Å². The van der Waals surface area contributed by atoms with Crippen LogP contribution in [-0.4, -0.2) is 321 Å². The van der Waals surface area contributed by atoms with Crippen molar-refractivity contribution >= 4 is 0 Å². The molecular formula is C61H104O30. The fourth-order valence-corrected chi connectivity index (χ4v) is 17.2. The third-order valence-corrected chi connectivity index (χ3v) is 23.1. The zero-order chi connectivity index (χ0) is 67.1. The Kier molecular flexibility index (Phi) is 23.0. The Morgan fingerprint density at radius 3 is 1.45 bits per heavy atom. The second-order valence-electron chi connectivity index (χ2n) is 29.1. The van der Waals surface area contributed by atoms with Crippen LogP contribution in [0.3, 0.4) is 0 Å². The Balaban J connectivity index is 0.906. The minimum absolute atomic E-state index is 0.000967. The third kappa shape index (κ3) is 13.4. The van der Waals surface area contributed by atoms with Crippen molar-refractivity contribution in [3.8, 4) is 0 Å². The van der Waals surface area contributed by atoms with Crippen LogP contribution in [0, 0.1) is 45.3 Å². The van der Waals surface area contributed by atoms with Gasteiger partial charge in [-0.2, -0.15) is 0 Å². The Morgan fingerprint density at radius 2 is 0.967 bits per heavy atom. The molecule has 0 aromatic rings. The standard InChI is InChI=1S/C61H104O30/c1-23(10-12-35(58(4,5)80)90-56-50(91-55-49(79)43(73)38(68)30(20-64)86-55)45(75)40(70)32(88-56)22-83-53-47(77)42(72)37(67)29(19-63)85-53)24-14-15-59(6)51-27(81-9)16-26-25(61(51,8)33(65)17-60(24,59)7)11-13-34(57(26,2)3)89-54-48(78)44(74)39(69)31(87-54)21-82-52-46(76)41(71)36(66)28(18-62)84-52/h16,23-25,27-56,62-80H,10-15,17-22H2,1-9H3/t23-,24?,25?,27+,28?,29?,30?,31?,32?,33-,34+,35-,36-,37-,38-,39-,40-,41?,42?,43?,44?,45?,46?,47?,48?,49?,50?,51?,52-,53-,54+,55+,56+,59+,60-,61-/m1/s1. The summed E-state index contributed by atoms with van der Waals surface area (Å²) < 4.78 is 65.9. The molecule has 0 radical (unpaired) electrons. The van der Waals surface area contributed by atoms with Gasteiger partial charge in [-0.25, -0.2) is 0 Å². The number of methoxy groups -OCH3 is 1. The van der Waals surface area contributed by atoms with Gasteiger partial charge >= 0.3 is 0 Å². The van der Waals surface area contributed by atoms with Gasteiger partial charge < -0.3 is 149 Å². The molecule has 9 rings (SSSR count). The predicted octanol–water partition coefficient (Wildman–Crippen LogP) is -5.78. The van der Waals surface area contributed by atoms with Crippen molar-refractivity contribution in [1.29, 1.82) is 0 Å². The van der Waals surface area contributed by atoms with Crippen molar-refractivity contribution in [3.05, 3.63) is 11.6 Å². The van der Waals surface area contributed by atoms with Crippen molar-refractivity contribution in [2.45, 2.75) is 284 Å². The van der Waals surface area contributed by atoms with E-state index in [1.54, 1.807) is 7.11 Å². The van der Waals surface area contributed by atoms with Gasteiger partial charge in [0.05, 0.1) is 63.1 Å². The largest absolute Gasteiger partial charge is 0.394 e. The van der Waals surface area contributed by atoms with E-state index in [1.165, 1.54) is 13.8 Å². The van der Waals surface area contributed by atoms with Crippen LogP contribution in [0.5, 0.6) is 0 Å². The van der Waals surface area contributed by atoms with E-state index < -0.39 is 238 Å². The molecule has 9 aliphatic rings. The lowest BCUT2D eigenvalue weighted by Crippen LogP contribution is -2.68. The smallest absolute Gasteiger partial charge is 0.187 e. The molecule has 5 aliphatic heterocycles. The summed E-state index contributed by atoms with van der Waals surface area (Å²) in [4.78, 5) is 0. The molecule has 528 valence electrons. The third-order valence-electron chi connectivity index (χ3n) is 23.1. The second-order valence-corrected chi connectivity index (χ2v) is 29.1. The van der Waals surface area contributed by atoms with Crippen LogP contribution < -0.4 is 0 Å². The van der Waals surface area contributed by atoms with E-state index in [1.807, 2.05) is 13.8 Å². The number of rotatable bonds is 21. The minimum atomic E-state index is -1.97. The zero-order valence-corrected chi connectivity index (χ0v) is 53.1. The molecule has 19 N–H and O–H groups in total. The molecule has 5 heterocycles. The maximum atomic E-state index is 13.0. The molecule has 0 amide bonds. The molecule has 0 aromatic carbocycles. The first-order valence-electron chi connectivity index (χ1n) is 32.0. The molecule has 91 heavy (non-hydrogen) atoms. The molecule has 5 saturated heterocycles. The molecular weight excluding hydrogens is 1210 g/mol. The average molecular weight is 1320 g/mol. The monoisotopic (exact) mass is 1320 g/mol. The SMILES string of the molecule is CO[C@H]1C=C2C(CC[C@H](O[C@@H]3OC(CO[C@@H]4OC(CO)[C@@H](O)C(O)C4O)[C@@H](O)C(O)C3O)C2(C)C)[C@@]2(C)C1[C@]1(C)CCC([C@H](C)CC[C@@H](O[C@@H]3OC(CO[C@@H]4OC(CO)[C@@H](O)C(O)C4O)[C@@H](O)C(O)C3O[C@@H]3OC(CO)[C@@H](O)C(O)C3O)C(C)(C)O)[C@@]1(C)C[C@H]2O. The number of aliphatic hydroxyl groups is 19. The summed E-state index contributed by atoms with van der Waals surface area (Å²) in [5, 5.41) is 206. The van der Waals surface area contributed by atoms with E-state index in [-0.39, 0.29) is 30.1 Å². The number of ether oxygens (including phenoxy) is 11. The number of aliphatic hydroxyl groups excluding tert-OH is 18. The lowest BCUT2D eigenvalue weighted by Gasteiger charge is -2.68.